The van der Waals surface area contributed by atoms with Crippen LogP contribution in [0.3, 0.4) is 0 Å². The van der Waals surface area contributed by atoms with Crippen molar-refractivity contribution in [1.82, 2.24) is 0 Å². The van der Waals surface area contributed by atoms with E-state index in [1.165, 1.54) is 52.0 Å². The Morgan fingerprint density at radius 1 is 1.13 bits per heavy atom. The van der Waals surface area contributed by atoms with Gasteiger partial charge in [-0.25, -0.2) is 0 Å². The summed E-state index contributed by atoms with van der Waals surface area (Å²) in [4.78, 5) is 13.9. The monoisotopic (exact) mass is 317 g/mol. The number of piperazine rings is 1. The van der Waals surface area contributed by atoms with Crippen molar-refractivity contribution in [1.29, 1.82) is 0 Å². The molecule has 3 rings (SSSR count). The summed E-state index contributed by atoms with van der Waals surface area (Å²) in [7, 11) is 0. The minimum atomic E-state index is -0.306. The Morgan fingerprint density at radius 2 is 1.91 bits per heavy atom. The van der Waals surface area contributed by atoms with Gasteiger partial charge in [0.25, 0.3) is 5.69 Å². The zero-order valence-corrected chi connectivity index (χ0v) is 13.7. The fraction of sp³-hybridized carbons (Fsp3) is 0.556. The lowest BCUT2D eigenvalue weighted by Gasteiger charge is -2.32. The van der Waals surface area contributed by atoms with Crippen LogP contribution in [-0.4, -0.2) is 37.6 Å². The van der Waals surface area contributed by atoms with Gasteiger partial charge in [-0.05, 0) is 19.3 Å². The standard InChI is InChI=1S/C18H25N3O2/c22-21(23)18-8-4-7-17(13-18)15-20-11-9-19(10-12-20)14-16-5-2-1-3-6-16/h1-2,4,7-8,13,16H,3,5-6,9-12,14-15H2/p+2/t16-/m1/s1. The third-order valence-electron chi connectivity index (χ3n) is 5.19. The zero-order valence-electron chi connectivity index (χ0n) is 13.7. The molecule has 1 fully saturated rings. The van der Waals surface area contributed by atoms with Gasteiger partial charge in [0.05, 0.1) is 11.5 Å². The lowest BCUT2D eigenvalue weighted by Crippen LogP contribution is -3.27. The molecule has 5 heteroatoms. The first kappa shape index (κ1) is 16.1. The Kier molecular flexibility index (Phi) is 5.41. The van der Waals surface area contributed by atoms with Gasteiger partial charge < -0.3 is 9.80 Å². The molecule has 23 heavy (non-hydrogen) atoms. The first-order chi connectivity index (χ1) is 11.2. The van der Waals surface area contributed by atoms with Crippen LogP contribution in [0.4, 0.5) is 5.69 Å². The number of allylic oxidation sites excluding steroid dienone is 2. The van der Waals surface area contributed by atoms with Gasteiger partial charge in [0.1, 0.15) is 32.7 Å². The highest BCUT2D eigenvalue weighted by Gasteiger charge is 2.25. The molecule has 0 bridgehead atoms. The van der Waals surface area contributed by atoms with Crippen molar-refractivity contribution in [3.8, 4) is 0 Å². The lowest BCUT2D eigenvalue weighted by molar-refractivity contribution is -1.02. The molecule has 2 N–H and O–H groups in total. The molecule has 1 atom stereocenters. The fourth-order valence-corrected chi connectivity index (χ4v) is 3.86. The molecule has 0 unspecified atom stereocenters. The van der Waals surface area contributed by atoms with Crippen LogP contribution in [-0.2, 0) is 6.54 Å². The molecule has 0 spiro atoms. The molecule has 1 saturated heterocycles. The Hall–Kier alpha value is -1.72. The maximum Gasteiger partial charge on any atom is 0.269 e. The summed E-state index contributed by atoms with van der Waals surface area (Å²) >= 11 is 0. The maximum absolute atomic E-state index is 10.9. The van der Waals surface area contributed by atoms with Crippen LogP contribution in [0.25, 0.3) is 0 Å². The molecular weight excluding hydrogens is 290 g/mol. The average Bonchev–Trinajstić information content (AvgIpc) is 2.58. The molecule has 0 aromatic heterocycles. The van der Waals surface area contributed by atoms with Crippen molar-refractivity contribution in [3.63, 3.8) is 0 Å². The number of nitrogens with zero attached hydrogens (tertiary/aromatic N) is 1. The van der Waals surface area contributed by atoms with Gasteiger partial charge >= 0.3 is 0 Å². The van der Waals surface area contributed by atoms with Gasteiger partial charge in [0, 0.05) is 23.6 Å². The van der Waals surface area contributed by atoms with E-state index in [1.807, 2.05) is 6.07 Å². The van der Waals surface area contributed by atoms with Gasteiger partial charge in [0.2, 0.25) is 0 Å². The summed E-state index contributed by atoms with van der Waals surface area (Å²) in [5, 5.41) is 10.9. The Labute approximate surface area is 137 Å². The summed E-state index contributed by atoms with van der Waals surface area (Å²) in [6.07, 6.45) is 8.52. The van der Waals surface area contributed by atoms with Crippen molar-refractivity contribution in [2.24, 2.45) is 5.92 Å². The largest absolute Gasteiger partial charge is 0.325 e. The molecule has 124 valence electrons. The van der Waals surface area contributed by atoms with Crippen LogP contribution in [0.5, 0.6) is 0 Å². The minimum Gasteiger partial charge on any atom is -0.325 e. The number of hydrogen-bond acceptors (Lipinski definition) is 2. The summed E-state index contributed by atoms with van der Waals surface area (Å²) in [6.45, 7) is 7.01. The SMILES string of the molecule is O=[N+]([O-])c1cccc(C[NH+]2CC[NH+](C[C@@H]3CC=CCC3)CC2)c1. The number of benzene rings is 1. The van der Waals surface area contributed by atoms with Crippen molar-refractivity contribution in [2.45, 2.75) is 25.8 Å². The Bertz CT molecular complexity index is 565. The molecule has 1 aromatic carbocycles. The van der Waals surface area contributed by atoms with Gasteiger partial charge in [0.15, 0.2) is 0 Å². The molecule has 0 saturated carbocycles. The summed E-state index contributed by atoms with van der Waals surface area (Å²) in [5.74, 6) is 0.869. The molecule has 0 radical (unpaired) electrons. The van der Waals surface area contributed by atoms with E-state index in [0.717, 1.165) is 18.0 Å². The predicted octanol–water partition coefficient (Wildman–Crippen LogP) is 0.235. The van der Waals surface area contributed by atoms with Crippen LogP contribution in [0.1, 0.15) is 24.8 Å². The fourth-order valence-electron chi connectivity index (χ4n) is 3.86. The van der Waals surface area contributed by atoms with E-state index in [2.05, 4.69) is 12.2 Å². The molecule has 1 aromatic rings. The number of nitro groups is 1. The van der Waals surface area contributed by atoms with Crippen LogP contribution >= 0.6 is 0 Å². The van der Waals surface area contributed by atoms with Gasteiger partial charge in [-0.15, -0.1) is 0 Å². The van der Waals surface area contributed by atoms with Crippen molar-refractivity contribution < 1.29 is 14.7 Å². The van der Waals surface area contributed by atoms with Gasteiger partial charge in [-0.2, -0.15) is 0 Å². The number of quaternary nitrogens is 2. The highest BCUT2D eigenvalue weighted by Crippen LogP contribution is 2.16. The second-order valence-electron chi connectivity index (χ2n) is 6.96. The number of hydrogen-bond donors (Lipinski definition) is 2. The van der Waals surface area contributed by atoms with Crippen molar-refractivity contribution >= 4 is 5.69 Å². The van der Waals surface area contributed by atoms with Crippen molar-refractivity contribution in [2.75, 3.05) is 32.7 Å². The number of nitro benzene ring substituents is 1. The molecule has 2 aliphatic rings. The first-order valence-corrected chi connectivity index (χ1v) is 8.76. The number of non-ortho nitro benzene ring substituents is 1. The zero-order chi connectivity index (χ0) is 16.1. The van der Waals surface area contributed by atoms with Crippen LogP contribution < -0.4 is 9.80 Å². The smallest absolute Gasteiger partial charge is 0.269 e. The summed E-state index contributed by atoms with van der Waals surface area (Å²) < 4.78 is 0. The number of nitrogens with one attached hydrogen (secondary N) is 2. The predicted molar refractivity (Wildman–Crippen MR) is 89.5 cm³/mol. The average molecular weight is 317 g/mol. The van der Waals surface area contributed by atoms with Crippen LogP contribution in [0, 0.1) is 16.0 Å². The van der Waals surface area contributed by atoms with E-state index in [-0.39, 0.29) is 10.6 Å². The van der Waals surface area contributed by atoms with E-state index >= 15 is 0 Å². The van der Waals surface area contributed by atoms with Crippen LogP contribution in [0.2, 0.25) is 0 Å². The number of rotatable bonds is 5. The van der Waals surface area contributed by atoms with Crippen molar-refractivity contribution in [3.05, 3.63) is 52.1 Å². The molecular formula is C18H27N3O2+2. The van der Waals surface area contributed by atoms with Gasteiger partial charge in [-0.1, -0.05) is 24.3 Å². The van der Waals surface area contributed by atoms with E-state index in [1.54, 1.807) is 28.0 Å². The molecule has 1 aliphatic carbocycles. The third-order valence-corrected chi connectivity index (χ3v) is 5.19. The van der Waals surface area contributed by atoms with Gasteiger partial charge in [-0.3, -0.25) is 10.1 Å². The van der Waals surface area contributed by atoms with E-state index < -0.39 is 0 Å². The summed E-state index contributed by atoms with van der Waals surface area (Å²) in [5.41, 5.74) is 1.28. The highest BCUT2D eigenvalue weighted by molar-refractivity contribution is 5.33. The normalized spacial score (nSPS) is 27.7. The first-order valence-electron chi connectivity index (χ1n) is 8.76. The van der Waals surface area contributed by atoms with E-state index in [9.17, 15) is 10.1 Å². The molecule has 1 heterocycles. The quantitative estimate of drug-likeness (QED) is 0.464. The Balaban J connectivity index is 1.46. The van der Waals surface area contributed by atoms with E-state index in [4.69, 9.17) is 0 Å². The van der Waals surface area contributed by atoms with E-state index in [0.29, 0.717) is 0 Å². The third kappa shape index (κ3) is 4.62. The topological polar surface area (TPSA) is 52.0 Å². The molecule has 0 amide bonds. The molecule has 1 aliphatic heterocycles. The maximum atomic E-state index is 10.9. The Morgan fingerprint density at radius 3 is 2.61 bits per heavy atom. The lowest BCUT2D eigenvalue weighted by atomic mass is 9.94. The second-order valence-corrected chi connectivity index (χ2v) is 6.96. The summed E-state index contributed by atoms with van der Waals surface area (Å²) in [6, 6.07) is 7.10. The molecule has 5 nitrogen and oxygen atoms in total. The second kappa shape index (κ2) is 7.70. The minimum absolute atomic E-state index is 0.205. The highest BCUT2D eigenvalue weighted by atomic mass is 16.6. The van der Waals surface area contributed by atoms with Crippen LogP contribution in [0.15, 0.2) is 36.4 Å².